The molecule has 0 amide bonds. The van der Waals surface area contributed by atoms with E-state index in [0.717, 1.165) is 23.1 Å². The second-order valence-electron chi connectivity index (χ2n) is 9.62. The Labute approximate surface area is 233 Å². The van der Waals surface area contributed by atoms with E-state index < -0.39 is 0 Å². The van der Waals surface area contributed by atoms with Crippen molar-refractivity contribution in [1.29, 1.82) is 0 Å². The van der Waals surface area contributed by atoms with Gasteiger partial charge in [0, 0.05) is 54.7 Å². The van der Waals surface area contributed by atoms with Crippen molar-refractivity contribution in [2.24, 2.45) is 0 Å². The molecule has 3 aromatic heterocycles. The summed E-state index contributed by atoms with van der Waals surface area (Å²) >= 11 is 0. The summed E-state index contributed by atoms with van der Waals surface area (Å²) in [5, 5.41) is 6.02. The number of hydrogen-bond donors (Lipinski definition) is 0. The van der Waals surface area contributed by atoms with E-state index in [2.05, 4.69) is 130 Å². The first-order valence-corrected chi connectivity index (χ1v) is 12.6. The van der Waals surface area contributed by atoms with Gasteiger partial charge in [0.05, 0.1) is 22.4 Å². The molecule has 0 spiro atoms. The van der Waals surface area contributed by atoms with E-state index in [-0.39, 0.29) is 20.1 Å². The molecule has 0 atom stereocenters. The Balaban J connectivity index is 0.00000242. The quantitative estimate of drug-likeness (QED) is 0.138. The van der Waals surface area contributed by atoms with Crippen molar-refractivity contribution in [3.63, 3.8) is 0 Å². The molecular weight excluding hydrogens is 643 g/mol. The number of benzene rings is 5. The topological polar surface area (TPSA) is 22.2 Å². The summed E-state index contributed by atoms with van der Waals surface area (Å²) in [6.07, 6.45) is 2.96. The number of imidazole rings is 1. The van der Waals surface area contributed by atoms with Gasteiger partial charge in [0.2, 0.25) is 0 Å². The van der Waals surface area contributed by atoms with Crippen LogP contribution in [0.25, 0.3) is 54.8 Å². The molecule has 0 aliphatic carbocycles. The summed E-state index contributed by atoms with van der Waals surface area (Å²) in [5.74, 6) is 0. The van der Waals surface area contributed by atoms with Gasteiger partial charge in [-0.1, -0.05) is 66.0 Å². The van der Waals surface area contributed by atoms with Crippen molar-refractivity contribution in [3.05, 3.63) is 139 Å². The standard InChI is InChI=1S/C34H22N3.Ir/c1-2-10-25(11-3-1)37-32-17-9-7-14-28(32)30-21-23(18-19-33(30)37)20-24-22-36-31-16-8-6-13-27(31)26-12-4-5-15-29(26)34(36)35-24;/h1-14,16-19,21-22H,20H2;/q-1;. The minimum absolute atomic E-state index is 0. The Morgan fingerprint density at radius 3 is 2.16 bits per heavy atom. The van der Waals surface area contributed by atoms with Crippen molar-refractivity contribution in [1.82, 2.24) is 14.0 Å². The second-order valence-corrected chi connectivity index (χ2v) is 9.62. The van der Waals surface area contributed by atoms with Gasteiger partial charge in [0.25, 0.3) is 0 Å². The van der Waals surface area contributed by atoms with Crippen LogP contribution in [0.4, 0.5) is 0 Å². The fraction of sp³-hybridized carbons (Fsp3) is 0.0294. The minimum Gasteiger partial charge on any atom is -0.340 e. The number of aromatic nitrogens is 3. The second kappa shape index (κ2) is 8.95. The zero-order valence-corrected chi connectivity index (χ0v) is 22.8. The molecule has 1 radical (unpaired) electrons. The Hall–Kier alpha value is -4.24. The number of fused-ring (bicyclic) bond motifs is 9. The maximum Gasteiger partial charge on any atom is 0.0612 e. The summed E-state index contributed by atoms with van der Waals surface area (Å²) in [6, 6.07) is 44.3. The van der Waals surface area contributed by atoms with Gasteiger partial charge < -0.3 is 8.97 Å². The van der Waals surface area contributed by atoms with Crippen LogP contribution in [0.2, 0.25) is 0 Å². The third-order valence-electron chi connectivity index (χ3n) is 7.43. The van der Waals surface area contributed by atoms with E-state index in [9.17, 15) is 0 Å². The Bertz CT molecular complexity index is 2050. The van der Waals surface area contributed by atoms with Gasteiger partial charge in [-0.3, -0.25) is 4.98 Å². The number of para-hydroxylation sites is 3. The molecule has 0 N–H and O–H groups in total. The van der Waals surface area contributed by atoms with Crippen molar-refractivity contribution in [2.75, 3.05) is 0 Å². The number of hydrogen-bond acceptors (Lipinski definition) is 1. The molecule has 0 bridgehead atoms. The first-order valence-electron chi connectivity index (χ1n) is 12.6. The van der Waals surface area contributed by atoms with Crippen LogP contribution in [0.5, 0.6) is 0 Å². The van der Waals surface area contributed by atoms with Gasteiger partial charge in [-0.25, -0.2) is 0 Å². The molecule has 0 aliphatic rings. The van der Waals surface area contributed by atoms with E-state index in [1.54, 1.807) is 0 Å². The van der Waals surface area contributed by atoms with Crippen molar-refractivity contribution in [2.45, 2.75) is 6.42 Å². The minimum atomic E-state index is 0. The molecule has 0 aliphatic heterocycles. The van der Waals surface area contributed by atoms with E-state index in [1.807, 2.05) is 6.07 Å². The van der Waals surface area contributed by atoms with Crippen LogP contribution in [0.15, 0.2) is 121 Å². The fourth-order valence-electron chi connectivity index (χ4n) is 5.83. The van der Waals surface area contributed by atoms with Crippen LogP contribution in [0.3, 0.4) is 0 Å². The van der Waals surface area contributed by atoms with Crippen LogP contribution >= 0.6 is 0 Å². The van der Waals surface area contributed by atoms with Crippen LogP contribution in [0.1, 0.15) is 11.3 Å². The summed E-state index contributed by atoms with van der Waals surface area (Å²) in [7, 11) is 0. The molecule has 8 rings (SSSR count). The van der Waals surface area contributed by atoms with Gasteiger partial charge in [-0.15, -0.1) is 29.7 Å². The monoisotopic (exact) mass is 665 g/mol. The molecule has 3 nitrogen and oxygen atoms in total. The average molecular weight is 665 g/mol. The molecule has 0 unspecified atom stereocenters. The van der Waals surface area contributed by atoms with Crippen molar-refractivity contribution in [3.8, 4) is 5.69 Å². The maximum atomic E-state index is 5.11. The van der Waals surface area contributed by atoms with Crippen LogP contribution in [-0.2, 0) is 26.5 Å². The number of rotatable bonds is 3. The SMILES string of the molecule is [Ir].[c-]1cccc2c1c1nc(Cc3ccc4c(c3)c3ccccc3n4-c3ccccc3)cn1c1ccccc21. The molecule has 0 fully saturated rings. The van der Waals surface area contributed by atoms with Crippen LogP contribution < -0.4 is 0 Å². The first kappa shape index (κ1) is 22.9. The van der Waals surface area contributed by atoms with Gasteiger partial charge in [0.15, 0.2) is 0 Å². The third-order valence-corrected chi connectivity index (χ3v) is 7.43. The molecule has 38 heavy (non-hydrogen) atoms. The van der Waals surface area contributed by atoms with Gasteiger partial charge in [-0.2, -0.15) is 0 Å². The first-order chi connectivity index (χ1) is 18.3. The predicted molar refractivity (Wildman–Crippen MR) is 153 cm³/mol. The smallest absolute Gasteiger partial charge is 0.0612 e. The Morgan fingerprint density at radius 1 is 0.632 bits per heavy atom. The van der Waals surface area contributed by atoms with E-state index in [4.69, 9.17) is 4.98 Å². The van der Waals surface area contributed by atoms with E-state index >= 15 is 0 Å². The molecule has 183 valence electrons. The van der Waals surface area contributed by atoms with Crippen molar-refractivity contribution < 1.29 is 20.1 Å². The average Bonchev–Trinajstić information content (AvgIpc) is 3.53. The van der Waals surface area contributed by atoms with E-state index in [0.29, 0.717) is 0 Å². The zero-order chi connectivity index (χ0) is 24.3. The molecule has 5 aromatic carbocycles. The molecular formula is C34H22IrN3-. The Morgan fingerprint density at radius 2 is 1.32 bits per heavy atom. The molecule has 8 aromatic rings. The number of pyridine rings is 1. The van der Waals surface area contributed by atoms with E-state index in [1.165, 1.54) is 49.3 Å². The molecule has 0 saturated heterocycles. The van der Waals surface area contributed by atoms with Gasteiger partial charge in [0.1, 0.15) is 0 Å². The summed E-state index contributed by atoms with van der Waals surface area (Å²) in [6.45, 7) is 0. The third kappa shape index (κ3) is 3.42. The molecule has 3 heterocycles. The molecule has 4 heteroatoms. The zero-order valence-electron chi connectivity index (χ0n) is 20.4. The summed E-state index contributed by atoms with van der Waals surface area (Å²) in [4.78, 5) is 5.11. The summed E-state index contributed by atoms with van der Waals surface area (Å²) in [5.41, 5.74) is 8.07. The van der Waals surface area contributed by atoms with Crippen molar-refractivity contribution >= 4 is 49.1 Å². The van der Waals surface area contributed by atoms with Gasteiger partial charge >= 0.3 is 0 Å². The number of nitrogens with zero attached hydrogens (tertiary/aromatic N) is 3. The normalized spacial score (nSPS) is 11.6. The summed E-state index contributed by atoms with van der Waals surface area (Å²) < 4.78 is 4.58. The fourth-order valence-corrected chi connectivity index (χ4v) is 5.83. The Kier molecular flexibility index (Phi) is 5.40. The van der Waals surface area contributed by atoms with Gasteiger partial charge in [-0.05, 0) is 47.3 Å². The van der Waals surface area contributed by atoms with Crippen LogP contribution in [-0.4, -0.2) is 14.0 Å². The largest absolute Gasteiger partial charge is 0.340 e. The maximum absolute atomic E-state index is 5.11. The predicted octanol–water partition coefficient (Wildman–Crippen LogP) is 8.13. The van der Waals surface area contributed by atoms with Crippen LogP contribution in [0, 0.1) is 6.07 Å². The molecule has 0 saturated carbocycles.